The van der Waals surface area contributed by atoms with Crippen LogP contribution in [-0.4, -0.2) is 9.13 Å². The van der Waals surface area contributed by atoms with E-state index in [1.807, 2.05) is 0 Å². The summed E-state index contributed by atoms with van der Waals surface area (Å²) in [4.78, 5) is 0. The summed E-state index contributed by atoms with van der Waals surface area (Å²) in [5.41, 5.74) is 6.32. The van der Waals surface area contributed by atoms with Gasteiger partial charge in [0, 0.05) is 49.7 Å². The quantitative estimate of drug-likeness (QED) is 0.275. The molecule has 0 saturated heterocycles. The van der Waals surface area contributed by atoms with Gasteiger partial charge >= 0.3 is 0 Å². The maximum atomic E-state index is 2.54. The van der Waals surface area contributed by atoms with Crippen LogP contribution in [0, 0.1) is 0 Å². The molecule has 2 aromatic heterocycles. The van der Waals surface area contributed by atoms with Crippen molar-refractivity contribution in [2.45, 2.75) is 39.3 Å². The lowest BCUT2D eigenvalue weighted by molar-refractivity contribution is 0.465. The molecule has 4 aromatic carbocycles. The molecule has 6 aromatic rings. The molecule has 0 atom stereocenters. The topological polar surface area (TPSA) is 9.86 Å². The molecule has 2 heteroatoms. The molecule has 0 amide bonds. The average molecular weight is 417 g/mol. The van der Waals surface area contributed by atoms with Crippen LogP contribution in [0.25, 0.3) is 43.6 Å². The minimum Gasteiger partial charge on any atom is -0.338 e. The Morgan fingerprint density at radius 2 is 1.03 bits per heavy atom. The number of nitrogens with zero attached hydrogens (tertiary/aromatic N) is 2. The van der Waals surface area contributed by atoms with Gasteiger partial charge < -0.3 is 9.13 Å². The van der Waals surface area contributed by atoms with Gasteiger partial charge in [-0.1, -0.05) is 72.8 Å². The Kier molecular flexibility index (Phi) is 4.04. The zero-order chi connectivity index (χ0) is 22.0. The Labute approximate surface area is 188 Å². The minimum atomic E-state index is -0.247. The van der Waals surface area contributed by atoms with Gasteiger partial charge in [0.05, 0.1) is 11.1 Å². The molecule has 0 aliphatic rings. The monoisotopic (exact) mass is 416 g/mol. The van der Waals surface area contributed by atoms with Crippen LogP contribution in [0.1, 0.15) is 39.3 Å². The third-order valence-corrected chi connectivity index (χ3v) is 7.05. The predicted molar refractivity (Wildman–Crippen MR) is 138 cm³/mol. The van der Waals surface area contributed by atoms with E-state index in [1.54, 1.807) is 0 Å². The van der Waals surface area contributed by atoms with E-state index in [-0.39, 0.29) is 5.54 Å². The normalized spacial score (nSPS) is 12.7. The van der Waals surface area contributed by atoms with E-state index in [2.05, 4.69) is 128 Å². The van der Waals surface area contributed by atoms with Gasteiger partial charge in [-0.15, -0.1) is 0 Å². The number of hydrogen-bond donors (Lipinski definition) is 0. The van der Waals surface area contributed by atoms with Gasteiger partial charge in [-0.2, -0.15) is 0 Å². The third kappa shape index (κ3) is 2.47. The number of para-hydroxylation sites is 4. The van der Waals surface area contributed by atoms with E-state index in [0.717, 1.165) is 0 Å². The highest BCUT2D eigenvalue weighted by Gasteiger charge is 2.30. The largest absolute Gasteiger partial charge is 0.338 e. The molecule has 0 spiro atoms. The molecule has 0 bridgehead atoms. The lowest BCUT2D eigenvalue weighted by Crippen LogP contribution is -2.28. The summed E-state index contributed by atoms with van der Waals surface area (Å²) in [7, 11) is 0. The van der Waals surface area contributed by atoms with Crippen molar-refractivity contribution in [2.24, 2.45) is 0 Å². The number of rotatable bonds is 3. The van der Waals surface area contributed by atoms with E-state index in [4.69, 9.17) is 0 Å². The van der Waals surface area contributed by atoms with E-state index < -0.39 is 0 Å². The predicted octanol–water partition coefficient (Wildman–Crippen LogP) is 8.27. The number of hydrogen-bond acceptors (Lipinski definition) is 0. The number of benzene rings is 4. The molecule has 0 N–H and O–H groups in total. The van der Waals surface area contributed by atoms with Crippen molar-refractivity contribution in [3.8, 4) is 0 Å². The fourth-order valence-corrected chi connectivity index (χ4v) is 5.73. The average Bonchev–Trinajstić information content (AvgIpc) is 3.32. The van der Waals surface area contributed by atoms with Crippen LogP contribution in [0.3, 0.4) is 0 Å². The molecule has 158 valence electrons. The fraction of sp³-hybridized carbons (Fsp3) is 0.200. The zero-order valence-corrected chi connectivity index (χ0v) is 19.1. The third-order valence-electron chi connectivity index (χ3n) is 7.05. The van der Waals surface area contributed by atoms with E-state index >= 15 is 0 Å². The van der Waals surface area contributed by atoms with Crippen molar-refractivity contribution in [2.75, 3.05) is 0 Å². The van der Waals surface area contributed by atoms with Crippen molar-refractivity contribution in [1.82, 2.24) is 9.13 Å². The van der Waals surface area contributed by atoms with Crippen LogP contribution < -0.4 is 0 Å². The van der Waals surface area contributed by atoms with Gasteiger partial charge in [0.2, 0.25) is 0 Å². The van der Waals surface area contributed by atoms with Gasteiger partial charge in [-0.05, 0) is 45.9 Å². The van der Waals surface area contributed by atoms with Crippen molar-refractivity contribution in [1.29, 1.82) is 0 Å². The Hall–Kier alpha value is -3.52. The van der Waals surface area contributed by atoms with Gasteiger partial charge in [0.25, 0.3) is 0 Å². The summed E-state index contributed by atoms with van der Waals surface area (Å²) in [6, 6.07) is 33.6. The SMILES string of the molecule is CC(C)n1c2ccccc2c2cccc(C(C)(C)n3c4ccccc4c4ccccc43)c21. The molecule has 0 saturated carbocycles. The second-order valence-corrected chi connectivity index (χ2v) is 9.61. The van der Waals surface area contributed by atoms with Crippen LogP contribution >= 0.6 is 0 Å². The summed E-state index contributed by atoms with van der Waals surface area (Å²) in [5, 5.41) is 5.29. The van der Waals surface area contributed by atoms with Crippen LogP contribution in [0.2, 0.25) is 0 Å². The summed E-state index contributed by atoms with van der Waals surface area (Å²) in [5.74, 6) is 0. The molecule has 2 heterocycles. The maximum Gasteiger partial charge on any atom is 0.0667 e. The van der Waals surface area contributed by atoms with Crippen LogP contribution in [-0.2, 0) is 5.54 Å². The second kappa shape index (κ2) is 6.74. The lowest BCUT2D eigenvalue weighted by Gasteiger charge is -2.31. The Morgan fingerprint density at radius 3 is 1.59 bits per heavy atom. The van der Waals surface area contributed by atoms with Gasteiger partial charge in [-0.3, -0.25) is 0 Å². The van der Waals surface area contributed by atoms with E-state index in [0.29, 0.717) is 6.04 Å². The van der Waals surface area contributed by atoms with Gasteiger partial charge in [0.15, 0.2) is 0 Å². The van der Waals surface area contributed by atoms with Crippen molar-refractivity contribution >= 4 is 43.6 Å². The first kappa shape index (κ1) is 19.2. The molecule has 6 rings (SSSR count). The fourth-order valence-electron chi connectivity index (χ4n) is 5.73. The second-order valence-electron chi connectivity index (χ2n) is 9.61. The molecule has 0 fully saturated rings. The highest BCUT2D eigenvalue weighted by atomic mass is 15.1. The molecule has 0 radical (unpaired) electrons. The van der Waals surface area contributed by atoms with Crippen molar-refractivity contribution in [3.05, 3.63) is 96.6 Å². The summed E-state index contributed by atoms with van der Waals surface area (Å²) in [6.07, 6.45) is 0. The highest BCUT2D eigenvalue weighted by molar-refractivity contribution is 6.11. The van der Waals surface area contributed by atoms with Crippen molar-refractivity contribution < 1.29 is 0 Å². The lowest BCUT2D eigenvalue weighted by atomic mass is 9.91. The number of fused-ring (bicyclic) bond motifs is 6. The maximum absolute atomic E-state index is 2.54. The Bertz CT molecular complexity index is 1570. The zero-order valence-electron chi connectivity index (χ0n) is 19.1. The molecule has 0 unspecified atom stereocenters. The molecular formula is C30H28N2. The first-order valence-corrected chi connectivity index (χ1v) is 11.5. The van der Waals surface area contributed by atoms with Crippen LogP contribution in [0.4, 0.5) is 0 Å². The first-order valence-electron chi connectivity index (χ1n) is 11.5. The number of aromatic nitrogens is 2. The summed E-state index contributed by atoms with van der Waals surface area (Å²) >= 11 is 0. The summed E-state index contributed by atoms with van der Waals surface area (Å²) in [6.45, 7) is 9.30. The van der Waals surface area contributed by atoms with Gasteiger partial charge in [-0.25, -0.2) is 0 Å². The van der Waals surface area contributed by atoms with Crippen LogP contribution in [0.15, 0.2) is 91.0 Å². The minimum absolute atomic E-state index is 0.247. The highest BCUT2D eigenvalue weighted by Crippen LogP contribution is 2.42. The molecule has 32 heavy (non-hydrogen) atoms. The Morgan fingerprint density at radius 1 is 0.562 bits per heavy atom. The first-order chi connectivity index (χ1) is 15.5. The Balaban J connectivity index is 1.77. The smallest absolute Gasteiger partial charge is 0.0667 e. The van der Waals surface area contributed by atoms with E-state index in [1.165, 1.54) is 49.2 Å². The summed E-state index contributed by atoms with van der Waals surface area (Å²) < 4.78 is 5.06. The molecular weight excluding hydrogens is 388 g/mol. The molecule has 0 aliphatic carbocycles. The standard InChI is InChI=1S/C30H28N2/c1-20(2)31-26-17-8-5-14-23(26)24-15-11-16-25(29(24)31)30(3,4)32-27-18-9-6-12-21(27)22-13-7-10-19-28(22)32/h5-20H,1-4H3. The van der Waals surface area contributed by atoms with Crippen LogP contribution in [0.5, 0.6) is 0 Å². The van der Waals surface area contributed by atoms with Gasteiger partial charge in [0.1, 0.15) is 0 Å². The molecule has 2 nitrogen and oxygen atoms in total. The van der Waals surface area contributed by atoms with E-state index in [9.17, 15) is 0 Å². The molecule has 0 aliphatic heterocycles. The van der Waals surface area contributed by atoms with Crippen molar-refractivity contribution in [3.63, 3.8) is 0 Å².